The van der Waals surface area contributed by atoms with E-state index in [1.54, 1.807) is 36.5 Å². The van der Waals surface area contributed by atoms with Gasteiger partial charge in [-0.1, -0.05) is 12.1 Å². The number of rotatable bonds is 4. The second-order valence-electron chi connectivity index (χ2n) is 5.82. The highest BCUT2D eigenvalue weighted by Crippen LogP contribution is 2.20. The van der Waals surface area contributed by atoms with Crippen molar-refractivity contribution >= 4 is 27.1 Å². The highest BCUT2D eigenvalue weighted by molar-refractivity contribution is 7.91. The summed E-state index contributed by atoms with van der Waals surface area (Å²) >= 11 is 0. The number of nitriles is 1. The van der Waals surface area contributed by atoms with Crippen LogP contribution >= 0.6 is 0 Å². The van der Waals surface area contributed by atoms with E-state index >= 15 is 0 Å². The minimum absolute atomic E-state index is 0.0281. The van der Waals surface area contributed by atoms with Gasteiger partial charge in [-0.05, 0) is 24.6 Å². The highest BCUT2D eigenvalue weighted by Gasteiger charge is 2.29. The topological polar surface area (TPSA) is 112 Å². The zero-order valence-corrected chi connectivity index (χ0v) is 14.1. The molecule has 1 aliphatic rings. The number of sulfone groups is 1. The number of aromatic nitrogens is 1. The highest BCUT2D eigenvalue weighted by atomic mass is 32.2. The molecule has 0 aliphatic carbocycles. The quantitative estimate of drug-likeness (QED) is 0.861. The summed E-state index contributed by atoms with van der Waals surface area (Å²) in [5, 5.41) is 14.9. The lowest BCUT2D eigenvalue weighted by molar-refractivity contribution is 0.0941. The fraction of sp³-hybridized carbons (Fsp3) is 0.235. The lowest BCUT2D eigenvalue weighted by Gasteiger charge is -2.12. The van der Waals surface area contributed by atoms with Crippen molar-refractivity contribution in [3.8, 4) is 6.07 Å². The number of pyridine rings is 1. The summed E-state index contributed by atoms with van der Waals surface area (Å²) in [7, 11) is -3.05. The van der Waals surface area contributed by atoms with Gasteiger partial charge in [0.1, 0.15) is 6.07 Å². The van der Waals surface area contributed by atoms with E-state index < -0.39 is 9.84 Å². The van der Waals surface area contributed by atoms with Crippen molar-refractivity contribution in [3.63, 3.8) is 0 Å². The Morgan fingerprint density at radius 1 is 1.28 bits per heavy atom. The molecule has 7 nitrogen and oxygen atoms in total. The van der Waals surface area contributed by atoms with Gasteiger partial charge in [0.25, 0.3) is 5.91 Å². The number of amides is 1. The number of nitrogens with one attached hydrogen (secondary N) is 2. The van der Waals surface area contributed by atoms with Gasteiger partial charge in [0.05, 0.1) is 40.2 Å². The summed E-state index contributed by atoms with van der Waals surface area (Å²) in [6.07, 6.45) is 3.39. The van der Waals surface area contributed by atoms with Crippen molar-refractivity contribution in [3.05, 3.63) is 53.9 Å². The molecular formula is C17H16N4O3S. The second kappa shape index (κ2) is 6.91. The van der Waals surface area contributed by atoms with E-state index in [1.807, 2.05) is 0 Å². The number of carbonyl (C=O) groups is 1. The molecule has 1 aromatic carbocycles. The van der Waals surface area contributed by atoms with Crippen LogP contribution in [-0.4, -0.2) is 36.9 Å². The average molecular weight is 356 g/mol. The number of benzene rings is 1. The SMILES string of the molecule is N#Cc1ccccc1Nc1cncc(C(=O)NC2CCS(=O)(=O)C2)c1. The number of hydrogen-bond acceptors (Lipinski definition) is 6. The number of para-hydroxylation sites is 1. The van der Waals surface area contributed by atoms with Crippen molar-refractivity contribution in [2.24, 2.45) is 0 Å². The van der Waals surface area contributed by atoms with Crippen molar-refractivity contribution in [2.45, 2.75) is 12.5 Å². The van der Waals surface area contributed by atoms with Crippen molar-refractivity contribution in [2.75, 3.05) is 16.8 Å². The molecule has 25 heavy (non-hydrogen) atoms. The average Bonchev–Trinajstić information content (AvgIpc) is 2.94. The molecule has 3 rings (SSSR count). The van der Waals surface area contributed by atoms with E-state index in [2.05, 4.69) is 21.7 Å². The van der Waals surface area contributed by atoms with E-state index in [1.165, 1.54) is 6.20 Å². The summed E-state index contributed by atoms with van der Waals surface area (Å²) in [6, 6.07) is 10.3. The van der Waals surface area contributed by atoms with Crippen LogP contribution in [0.1, 0.15) is 22.3 Å². The van der Waals surface area contributed by atoms with Gasteiger partial charge in [-0.2, -0.15) is 5.26 Å². The third-order valence-corrected chi connectivity index (χ3v) is 5.66. The molecule has 0 spiro atoms. The van der Waals surface area contributed by atoms with Gasteiger partial charge in [-0.25, -0.2) is 8.42 Å². The van der Waals surface area contributed by atoms with Gasteiger partial charge in [0.15, 0.2) is 9.84 Å². The molecule has 1 atom stereocenters. The predicted octanol–water partition coefficient (Wildman–Crippen LogP) is 1.61. The Labute approximate surface area is 145 Å². The molecule has 0 bridgehead atoms. The smallest absolute Gasteiger partial charge is 0.253 e. The largest absolute Gasteiger partial charge is 0.353 e. The molecule has 0 saturated carbocycles. The molecule has 0 radical (unpaired) electrons. The number of hydrogen-bond donors (Lipinski definition) is 2. The number of carbonyl (C=O) groups excluding carboxylic acids is 1. The molecule has 8 heteroatoms. The van der Waals surface area contributed by atoms with Crippen LogP contribution in [0.25, 0.3) is 0 Å². The van der Waals surface area contributed by atoms with Crippen LogP contribution in [0.5, 0.6) is 0 Å². The van der Waals surface area contributed by atoms with Crippen LogP contribution in [0, 0.1) is 11.3 Å². The summed E-state index contributed by atoms with van der Waals surface area (Å²) in [6.45, 7) is 0. The lowest BCUT2D eigenvalue weighted by Crippen LogP contribution is -2.35. The fourth-order valence-electron chi connectivity index (χ4n) is 2.66. The molecule has 1 aliphatic heterocycles. The summed E-state index contributed by atoms with van der Waals surface area (Å²) in [5.41, 5.74) is 1.98. The first kappa shape index (κ1) is 16.9. The zero-order valence-electron chi connectivity index (χ0n) is 13.3. The number of nitrogens with zero attached hydrogens (tertiary/aromatic N) is 2. The van der Waals surface area contributed by atoms with Crippen LogP contribution in [0.15, 0.2) is 42.7 Å². The lowest BCUT2D eigenvalue weighted by atomic mass is 10.1. The molecule has 1 saturated heterocycles. The molecule has 1 amide bonds. The van der Waals surface area contributed by atoms with Crippen LogP contribution in [0.4, 0.5) is 11.4 Å². The van der Waals surface area contributed by atoms with Gasteiger partial charge < -0.3 is 10.6 Å². The third kappa shape index (κ3) is 4.14. The van der Waals surface area contributed by atoms with Crippen molar-refractivity contribution in [1.29, 1.82) is 5.26 Å². The molecule has 1 fully saturated rings. The molecule has 2 aromatic rings. The second-order valence-corrected chi connectivity index (χ2v) is 8.05. The van der Waals surface area contributed by atoms with Crippen LogP contribution in [0.2, 0.25) is 0 Å². The maximum Gasteiger partial charge on any atom is 0.253 e. The molecule has 2 N–H and O–H groups in total. The van der Waals surface area contributed by atoms with Gasteiger partial charge in [0.2, 0.25) is 0 Å². The normalized spacial score (nSPS) is 18.3. The molecular weight excluding hydrogens is 340 g/mol. The summed E-state index contributed by atoms with van der Waals surface area (Å²) in [5.74, 6) is -0.297. The Balaban J connectivity index is 1.73. The Morgan fingerprint density at radius 3 is 2.80 bits per heavy atom. The molecule has 1 unspecified atom stereocenters. The Bertz CT molecular complexity index is 950. The van der Waals surface area contributed by atoms with E-state index in [4.69, 9.17) is 5.26 Å². The Hall–Kier alpha value is -2.92. The van der Waals surface area contributed by atoms with Gasteiger partial charge in [-0.3, -0.25) is 9.78 Å². The van der Waals surface area contributed by atoms with Crippen LogP contribution in [0.3, 0.4) is 0 Å². The predicted molar refractivity (Wildman–Crippen MR) is 93.2 cm³/mol. The first-order chi connectivity index (χ1) is 12.0. The van der Waals surface area contributed by atoms with E-state index in [0.717, 1.165) is 0 Å². The van der Waals surface area contributed by atoms with Crippen LogP contribution < -0.4 is 10.6 Å². The number of anilines is 2. The van der Waals surface area contributed by atoms with Crippen LogP contribution in [-0.2, 0) is 9.84 Å². The minimum atomic E-state index is -3.05. The van der Waals surface area contributed by atoms with Crippen molar-refractivity contribution in [1.82, 2.24) is 10.3 Å². The molecule has 1 aromatic heterocycles. The molecule has 2 heterocycles. The first-order valence-electron chi connectivity index (χ1n) is 7.69. The Morgan fingerprint density at radius 2 is 2.08 bits per heavy atom. The minimum Gasteiger partial charge on any atom is -0.353 e. The van der Waals surface area contributed by atoms with E-state index in [-0.39, 0.29) is 23.5 Å². The van der Waals surface area contributed by atoms with Gasteiger partial charge in [0, 0.05) is 12.2 Å². The van der Waals surface area contributed by atoms with Gasteiger partial charge in [-0.15, -0.1) is 0 Å². The Kier molecular flexibility index (Phi) is 4.67. The summed E-state index contributed by atoms with van der Waals surface area (Å²) in [4.78, 5) is 16.3. The molecule has 128 valence electrons. The van der Waals surface area contributed by atoms with Gasteiger partial charge >= 0.3 is 0 Å². The first-order valence-corrected chi connectivity index (χ1v) is 9.51. The summed E-state index contributed by atoms with van der Waals surface area (Å²) < 4.78 is 23.0. The maximum atomic E-state index is 12.3. The zero-order chi connectivity index (χ0) is 17.9. The van der Waals surface area contributed by atoms with Crippen molar-refractivity contribution < 1.29 is 13.2 Å². The third-order valence-electron chi connectivity index (χ3n) is 3.89. The fourth-order valence-corrected chi connectivity index (χ4v) is 4.33. The monoisotopic (exact) mass is 356 g/mol. The van der Waals surface area contributed by atoms with E-state index in [9.17, 15) is 13.2 Å². The maximum absolute atomic E-state index is 12.3. The van der Waals surface area contributed by atoms with E-state index in [0.29, 0.717) is 28.9 Å². The standard InChI is InChI=1S/C17H16N4O3S/c18-8-12-3-1-2-4-16(12)20-15-7-13(9-19-10-15)17(22)21-14-5-6-25(23,24)11-14/h1-4,7,9-10,14,20H,5-6,11H2,(H,21,22).